The number of rotatable bonds is 7. The molecule has 0 saturated carbocycles. The van der Waals surface area contributed by atoms with Gasteiger partial charge in [0.05, 0.1) is 12.1 Å². The number of H-pyrrole nitrogens is 1. The molecule has 1 aromatic rings. The maximum Gasteiger partial charge on any atom is 0.315 e. The summed E-state index contributed by atoms with van der Waals surface area (Å²) < 4.78 is 31.7. The van der Waals surface area contributed by atoms with Crippen molar-refractivity contribution in [3.8, 4) is 11.8 Å². The Hall–Kier alpha value is -1.92. The lowest BCUT2D eigenvalue weighted by atomic mass is 10.0. The molecule has 1 aromatic heterocycles. The summed E-state index contributed by atoms with van der Waals surface area (Å²) in [5.41, 5.74) is -0.632. The van der Waals surface area contributed by atoms with Gasteiger partial charge in [-0.25, -0.2) is 4.79 Å². The molecule has 0 aliphatic carbocycles. The van der Waals surface area contributed by atoms with E-state index in [4.69, 9.17) is 4.55 Å². The molecule has 3 atom stereocenters. The third kappa shape index (κ3) is 3.62. The molecular weight excluding hydrogens is 386 g/mol. The van der Waals surface area contributed by atoms with E-state index in [1.54, 1.807) is 11.8 Å². The number of thioether (sulfide) groups is 1. The van der Waals surface area contributed by atoms with E-state index in [0.29, 0.717) is 12.8 Å². The van der Waals surface area contributed by atoms with Crippen molar-refractivity contribution in [1.82, 2.24) is 15.6 Å². The van der Waals surface area contributed by atoms with Gasteiger partial charge in [-0.05, 0) is 12.8 Å². The predicted molar refractivity (Wildman–Crippen MR) is 92.2 cm³/mol. The maximum absolute atomic E-state index is 12.2. The van der Waals surface area contributed by atoms with Crippen molar-refractivity contribution < 1.29 is 32.8 Å². The Morgan fingerprint density at radius 3 is 2.62 bits per heavy atom. The zero-order valence-corrected chi connectivity index (χ0v) is 15.2. The molecule has 2 fully saturated rings. The number of nitrogens with one attached hydrogen (secondary N) is 3. The van der Waals surface area contributed by atoms with E-state index >= 15 is 0 Å². The Labute approximate surface area is 153 Å². The number of hydrogen-bond acceptors (Lipinski definition) is 7. The van der Waals surface area contributed by atoms with Gasteiger partial charge < -0.3 is 20.8 Å². The van der Waals surface area contributed by atoms with Crippen LogP contribution in [0.25, 0.3) is 0 Å². The van der Waals surface area contributed by atoms with Crippen LogP contribution in [0.2, 0.25) is 0 Å². The van der Waals surface area contributed by atoms with Crippen LogP contribution in [0.15, 0.2) is 4.90 Å². The van der Waals surface area contributed by atoms with Gasteiger partial charge in [0.2, 0.25) is 11.8 Å². The lowest BCUT2D eigenvalue weighted by molar-refractivity contribution is 0.0973. The normalized spacial score (nSPS) is 25.0. The quantitative estimate of drug-likeness (QED) is 0.166. The van der Waals surface area contributed by atoms with Crippen molar-refractivity contribution >= 4 is 33.7 Å². The molecule has 0 bridgehead atoms. The molecule has 144 valence electrons. The minimum atomic E-state index is -4.86. The van der Waals surface area contributed by atoms with E-state index in [1.165, 1.54) is 0 Å². The Bertz CT molecular complexity index is 836. The summed E-state index contributed by atoms with van der Waals surface area (Å²) >= 11 is 1.75. The number of unbranched alkanes of at least 4 members (excludes halogenated alkanes) is 1. The van der Waals surface area contributed by atoms with Gasteiger partial charge in [-0.3, -0.25) is 14.3 Å². The highest BCUT2D eigenvalue weighted by atomic mass is 32.2. The molecule has 26 heavy (non-hydrogen) atoms. The van der Waals surface area contributed by atoms with Crippen LogP contribution in [0.4, 0.5) is 4.79 Å². The highest BCUT2D eigenvalue weighted by Gasteiger charge is 2.42. The Kier molecular flexibility index (Phi) is 5.08. The van der Waals surface area contributed by atoms with E-state index in [0.717, 1.165) is 12.2 Å². The second-order valence-electron chi connectivity index (χ2n) is 6.29. The van der Waals surface area contributed by atoms with Gasteiger partial charge in [0.25, 0.3) is 0 Å². The van der Waals surface area contributed by atoms with Crippen molar-refractivity contribution in [3.05, 3.63) is 5.56 Å². The number of aromatic nitrogens is 1. The number of hydrogen-bond donors (Lipinski definition) is 6. The van der Waals surface area contributed by atoms with Crippen molar-refractivity contribution in [2.75, 3.05) is 5.75 Å². The van der Waals surface area contributed by atoms with Crippen LogP contribution < -0.4 is 10.6 Å². The van der Waals surface area contributed by atoms with Crippen molar-refractivity contribution in [2.45, 2.75) is 47.9 Å². The first kappa shape index (κ1) is 18.9. The molecule has 2 saturated heterocycles. The SMILES string of the molecule is O=C1N[C@H]2[C@H](CS[C@H]2CCCCC(=O)c2c(O)[nH]c(O)c2S(=O)(=O)O)N1. The summed E-state index contributed by atoms with van der Waals surface area (Å²) in [5.74, 6) is -1.64. The number of Topliss-reactive ketones (excluding diaryl/α,β-unsaturated/α-hetero) is 1. The number of urea groups is 1. The molecular formula is C14H19N3O7S2. The van der Waals surface area contributed by atoms with E-state index < -0.39 is 38.1 Å². The minimum absolute atomic E-state index is 0.0521. The monoisotopic (exact) mass is 405 g/mol. The summed E-state index contributed by atoms with van der Waals surface area (Å²) in [7, 11) is -4.86. The first-order valence-corrected chi connectivity index (χ1v) is 10.5. The largest absolute Gasteiger partial charge is 0.494 e. The van der Waals surface area contributed by atoms with Crippen LogP contribution in [0, 0.1) is 0 Å². The molecule has 2 amide bonds. The zero-order chi connectivity index (χ0) is 19.1. The number of carbonyl (C=O) groups excluding carboxylic acids is 2. The number of amides is 2. The van der Waals surface area contributed by atoms with Crippen molar-refractivity contribution in [1.29, 1.82) is 0 Å². The standard InChI is InChI=1S/C14H19N3O7S2/c18-7(9-11(26(22,23)24)13(20)17-12(9)19)3-1-2-4-8-10-6(5-25-8)15-14(21)16-10/h6,8,10,17,19-20H,1-5H2,(H2,15,16,21)(H,22,23,24)/t6-,8-,10-/m0/s1. The van der Waals surface area contributed by atoms with Crippen molar-refractivity contribution in [2.24, 2.45) is 0 Å². The zero-order valence-electron chi connectivity index (χ0n) is 13.6. The fraction of sp³-hybridized carbons (Fsp3) is 0.571. The fourth-order valence-corrected chi connectivity index (χ4v) is 5.67. The van der Waals surface area contributed by atoms with E-state index in [9.17, 15) is 28.2 Å². The van der Waals surface area contributed by atoms with E-state index in [1.807, 2.05) is 4.98 Å². The lowest BCUT2D eigenvalue weighted by Gasteiger charge is -2.16. The van der Waals surface area contributed by atoms with E-state index in [-0.39, 0.29) is 29.8 Å². The van der Waals surface area contributed by atoms with Crippen LogP contribution in [-0.4, -0.2) is 63.1 Å². The van der Waals surface area contributed by atoms with Gasteiger partial charge in [0, 0.05) is 17.4 Å². The molecule has 0 unspecified atom stereocenters. The highest BCUT2D eigenvalue weighted by molar-refractivity contribution is 8.00. The summed E-state index contributed by atoms with van der Waals surface area (Å²) in [4.78, 5) is 24.5. The first-order valence-electron chi connectivity index (χ1n) is 8.01. The van der Waals surface area contributed by atoms with E-state index in [2.05, 4.69) is 10.6 Å². The summed E-state index contributed by atoms with van der Waals surface area (Å²) in [6.07, 6.45) is 1.83. The molecule has 3 heterocycles. The predicted octanol–water partition coefficient (Wildman–Crippen LogP) is 0.581. The Balaban J connectivity index is 1.55. The molecule has 2 aliphatic rings. The van der Waals surface area contributed by atoms with Gasteiger partial charge >= 0.3 is 16.1 Å². The number of fused-ring (bicyclic) bond motifs is 1. The summed E-state index contributed by atoms with van der Waals surface area (Å²) in [5, 5.41) is 25.1. The third-order valence-corrected chi connectivity index (χ3v) is 6.96. The molecule has 12 heteroatoms. The molecule has 0 aromatic carbocycles. The van der Waals surface area contributed by atoms with Gasteiger partial charge in [-0.2, -0.15) is 20.2 Å². The van der Waals surface area contributed by atoms with Crippen LogP contribution in [0.1, 0.15) is 36.0 Å². The van der Waals surface area contributed by atoms with Crippen LogP contribution >= 0.6 is 11.8 Å². The smallest absolute Gasteiger partial charge is 0.315 e. The molecule has 10 nitrogen and oxygen atoms in total. The average molecular weight is 405 g/mol. The van der Waals surface area contributed by atoms with Gasteiger partial charge in [-0.15, -0.1) is 0 Å². The number of aromatic hydroxyl groups is 2. The summed E-state index contributed by atoms with van der Waals surface area (Å²) in [6, 6.07) is 0.0252. The minimum Gasteiger partial charge on any atom is -0.494 e. The molecule has 0 spiro atoms. The van der Waals surface area contributed by atoms with Gasteiger partial charge in [0.15, 0.2) is 10.7 Å². The topological polar surface area (TPSA) is 169 Å². The average Bonchev–Trinajstić information content (AvgIpc) is 3.15. The van der Waals surface area contributed by atoms with Crippen molar-refractivity contribution in [3.63, 3.8) is 0 Å². The number of ketones is 1. The molecule has 3 rings (SSSR count). The lowest BCUT2D eigenvalue weighted by Crippen LogP contribution is -2.36. The van der Waals surface area contributed by atoms with Gasteiger partial charge in [-0.1, -0.05) is 6.42 Å². The van der Waals surface area contributed by atoms with Crippen LogP contribution in [0.3, 0.4) is 0 Å². The summed E-state index contributed by atoms with van der Waals surface area (Å²) in [6.45, 7) is 0. The second-order valence-corrected chi connectivity index (χ2v) is 8.92. The third-order valence-electron chi connectivity index (χ3n) is 4.53. The Morgan fingerprint density at radius 2 is 1.92 bits per heavy atom. The van der Waals surface area contributed by atoms with Gasteiger partial charge in [0.1, 0.15) is 5.56 Å². The highest BCUT2D eigenvalue weighted by Crippen LogP contribution is 2.35. The van der Waals surface area contributed by atoms with Crippen LogP contribution in [-0.2, 0) is 10.1 Å². The molecule has 0 radical (unpaired) electrons. The first-order chi connectivity index (χ1) is 12.2. The van der Waals surface area contributed by atoms with Crippen LogP contribution in [0.5, 0.6) is 11.8 Å². The Morgan fingerprint density at radius 1 is 1.19 bits per heavy atom. The molecule has 6 N–H and O–H groups in total. The number of aromatic amines is 1. The maximum atomic E-state index is 12.2. The second kappa shape index (κ2) is 7.00. The number of carbonyl (C=O) groups is 2. The fourth-order valence-electron chi connectivity index (χ4n) is 3.37. The molecule has 2 aliphatic heterocycles.